The van der Waals surface area contributed by atoms with Gasteiger partial charge < -0.3 is 9.84 Å². The van der Waals surface area contributed by atoms with E-state index in [2.05, 4.69) is 33.8 Å². The zero-order chi connectivity index (χ0) is 12.7. The molecule has 0 heterocycles. The Morgan fingerprint density at radius 1 is 1.41 bits per heavy atom. The van der Waals surface area contributed by atoms with Crippen molar-refractivity contribution in [3.05, 3.63) is 28.2 Å². The number of aliphatic hydroxyl groups excluding tert-OH is 1. The van der Waals surface area contributed by atoms with Gasteiger partial charge in [-0.1, -0.05) is 22.9 Å². The predicted octanol–water partition coefficient (Wildman–Crippen LogP) is 2.66. The third kappa shape index (κ3) is 5.06. The molecule has 4 heteroatoms. The highest BCUT2D eigenvalue weighted by Gasteiger charge is 2.07. The molecule has 0 aliphatic rings. The number of hydrogen-bond acceptors (Lipinski definition) is 3. The molecule has 0 saturated carbocycles. The molecule has 0 bridgehead atoms. The zero-order valence-electron chi connectivity index (χ0n) is 10.4. The highest BCUT2D eigenvalue weighted by atomic mass is 79.9. The van der Waals surface area contributed by atoms with E-state index >= 15 is 0 Å². The summed E-state index contributed by atoms with van der Waals surface area (Å²) < 4.78 is 6.76. The van der Waals surface area contributed by atoms with Gasteiger partial charge in [-0.05, 0) is 31.7 Å². The van der Waals surface area contributed by atoms with E-state index in [4.69, 9.17) is 9.84 Å². The van der Waals surface area contributed by atoms with Gasteiger partial charge in [-0.15, -0.1) is 0 Å². The van der Waals surface area contributed by atoms with Gasteiger partial charge in [0.05, 0.1) is 13.2 Å². The number of ether oxygens (including phenoxy) is 1. The lowest BCUT2D eigenvalue weighted by Gasteiger charge is -2.18. The SMILES string of the molecule is CCCOc1ccc(Br)cc1CN(C)CCO. The number of rotatable bonds is 7. The molecule has 0 fully saturated rings. The second-order valence-electron chi connectivity index (χ2n) is 4.06. The topological polar surface area (TPSA) is 32.7 Å². The first-order chi connectivity index (χ1) is 8.17. The van der Waals surface area contributed by atoms with Crippen LogP contribution < -0.4 is 4.74 Å². The van der Waals surface area contributed by atoms with E-state index in [9.17, 15) is 0 Å². The molecule has 0 saturated heterocycles. The number of benzene rings is 1. The number of nitrogens with zero attached hydrogens (tertiary/aromatic N) is 1. The molecule has 96 valence electrons. The molecule has 0 atom stereocenters. The minimum Gasteiger partial charge on any atom is -0.493 e. The Labute approximate surface area is 112 Å². The van der Waals surface area contributed by atoms with Crippen molar-refractivity contribution in [1.29, 1.82) is 0 Å². The molecule has 0 radical (unpaired) electrons. The summed E-state index contributed by atoms with van der Waals surface area (Å²) >= 11 is 3.47. The van der Waals surface area contributed by atoms with Crippen LogP contribution in [0.5, 0.6) is 5.75 Å². The Kier molecular flexibility index (Phi) is 6.55. The average Bonchev–Trinajstić information content (AvgIpc) is 2.28. The van der Waals surface area contributed by atoms with Crippen molar-refractivity contribution in [2.75, 3.05) is 26.8 Å². The number of hydrogen-bond donors (Lipinski definition) is 1. The van der Waals surface area contributed by atoms with Gasteiger partial charge >= 0.3 is 0 Å². The Hall–Kier alpha value is -0.580. The molecular weight excluding hydrogens is 282 g/mol. The van der Waals surface area contributed by atoms with E-state index in [1.54, 1.807) is 0 Å². The van der Waals surface area contributed by atoms with Gasteiger partial charge in [0.25, 0.3) is 0 Å². The summed E-state index contributed by atoms with van der Waals surface area (Å²) in [5.74, 6) is 0.930. The molecule has 0 spiro atoms. The van der Waals surface area contributed by atoms with Crippen LogP contribution in [0.3, 0.4) is 0 Å². The number of aliphatic hydroxyl groups is 1. The summed E-state index contributed by atoms with van der Waals surface area (Å²) in [6.07, 6.45) is 1.00. The van der Waals surface area contributed by atoms with Crippen molar-refractivity contribution < 1.29 is 9.84 Å². The maximum atomic E-state index is 8.90. The Balaban J connectivity index is 2.75. The molecule has 0 amide bonds. The van der Waals surface area contributed by atoms with Crippen molar-refractivity contribution in [3.8, 4) is 5.75 Å². The Bertz CT molecular complexity index is 344. The molecule has 1 aromatic carbocycles. The zero-order valence-corrected chi connectivity index (χ0v) is 12.0. The van der Waals surface area contributed by atoms with E-state index in [1.807, 2.05) is 19.2 Å². The van der Waals surface area contributed by atoms with Gasteiger partial charge in [0.15, 0.2) is 0 Å². The summed E-state index contributed by atoms with van der Waals surface area (Å²) in [4.78, 5) is 2.07. The minimum atomic E-state index is 0.176. The van der Waals surface area contributed by atoms with Crippen LogP contribution in [0.25, 0.3) is 0 Å². The smallest absolute Gasteiger partial charge is 0.123 e. The predicted molar refractivity (Wildman–Crippen MR) is 73.3 cm³/mol. The third-order valence-electron chi connectivity index (χ3n) is 2.41. The fourth-order valence-electron chi connectivity index (χ4n) is 1.56. The molecule has 1 N–H and O–H groups in total. The van der Waals surface area contributed by atoms with Gasteiger partial charge in [0.1, 0.15) is 5.75 Å². The van der Waals surface area contributed by atoms with Crippen LogP contribution >= 0.6 is 15.9 Å². The molecule has 0 aromatic heterocycles. The van der Waals surface area contributed by atoms with Gasteiger partial charge in [0, 0.05) is 23.1 Å². The molecule has 0 aliphatic carbocycles. The van der Waals surface area contributed by atoms with E-state index in [1.165, 1.54) is 0 Å². The molecule has 1 rings (SSSR count). The van der Waals surface area contributed by atoms with Gasteiger partial charge in [-0.25, -0.2) is 0 Å². The lowest BCUT2D eigenvalue weighted by atomic mass is 10.2. The summed E-state index contributed by atoms with van der Waals surface area (Å²) in [7, 11) is 1.99. The Morgan fingerprint density at radius 2 is 2.18 bits per heavy atom. The fourth-order valence-corrected chi connectivity index (χ4v) is 1.97. The number of halogens is 1. The first-order valence-corrected chi connectivity index (χ1v) is 6.67. The molecule has 0 unspecified atom stereocenters. The Morgan fingerprint density at radius 3 is 2.82 bits per heavy atom. The maximum Gasteiger partial charge on any atom is 0.123 e. The molecule has 1 aromatic rings. The molecule has 3 nitrogen and oxygen atoms in total. The van der Waals surface area contributed by atoms with Crippen LogP contribution in [0.2, 0.25) is 0 Å². The van der Waals surface area contributed by atoms with E-state index < -0.39 is 0 Å². The van der Waals surface area contributed by atoms with Crippen molar-refractivity contribution >= 4 is 15.9 Å². The normalized spacial score (nSPS) is 10.9. The quantitative estimate of drug-likeness (QED) is 0.840. The van der Waals surface area contributed by atoms with Gasteiger partial charge in [0.2, 0.25) is 0 Å². The lowest BCUT2D eigenvalue weighted by molar-refractivity contribution is 0.214. The summed E-state index contributed by atoms with van der Waals surface area (Å²) in [6.45, 7) is 4.45. The lowest BCUT2D eigenvalue weighted by Crippen LogP contribution is -2.21. The average molecular weight is 302 g/mol. The highest BCUT2D eigenvalue weighted by Crippen LogP contribution is 2.24. The van der Waals surface area contributed by atoms with Crippen LogP contribution in [0, 0.1) is 0 Å². The minimum absolute atomic E-state index is 0.176. The third-order valence-corrected chi connectivity index (χ3v) is 2.90. The van der Waals surface area contributed by atoms with Gasteiger partial charge in [-0.2, -0.15) is 0 Å². The van der Waals surface area contributed by atoms with Crippen LogP contribution in [-0.2, 0) is 6.54 Å². The second kappa shape index (κ2) is 7.69. The van der Waals surface area contributed by atoms with Crippen LogP contribution in [0.4, 0.5) is 0 Å². The summed E-state index contributed by atoms with van der Waals surface area (Å²) in [6, 6.07) is 6.04. The molecule has 0 aliphatic heterocycles. The monoisotopic (exact) mass is 301 g/mol. The molecule has 17 heavy (non-hydrogen) atoms. The van der Waals surface area contributed by atoms with Crippen molar-refractivity contribution in [1.82, 2.24) is 4.90 Å². The summed E-state index contributed by atoms with van der Waals surface area (Å²) in [5.41, 5.74) is 1.14. The standard InChI is InChI=1S/C13H20BrNO2/c1-3-8-17-13-5-4-12(14)9-11(13)10-15(2)6-7-16/h4-5,9,16H,3,6-8,10H2,1-2H3. The van der Waals surface area contributed by atoms with E-state index in [0.29, 0.717) is 6.54 Å². The van der Waals surface area contributed by atoms with E-state index in [0.717, 1.165) is 35.4 Å². The van der Waals surface area contributed by atoms with Crippen LogP contribution in [0.1, 0.15) is 18.9 Å². The highest BCUT2D eigenvalue weighted by molar-refractivity contribution is 9.10. The van der Waals surface area contributed by atoms with Crippen molar-refractivity contribution in [2.45, 2.75) is 19.9 Å². The summed E-state index contributed by atoms with van der Waals surface area (Å²) in [5, 5.41) is 8.90. The molecular formula is C13H20BrNO2. The van der Waals surface area contributed by atoms with Crippen LogP contribution in [-0.4, -0.2) is 36.8 Å². The van der Waals surface area contributed by atoms with Crippen LogP contribution in [0.15, 0.2) is 22.7 Å². The first kappa shape index (κ1) is 14.5. The first-order valence-electron chi connectivity index (χ1n) is 5.88. The number of likely N-dealkylation sites (N-methyl/N-ethyl adjacent to an activating group) is 1. The second-order valence-corrected chi connectivity index (χ2v) is 4.98. The maximum absolute atomic E-state index is 8.90. The fraction of sp³-hybridized carbons (Fsp3) is 0.538. The van der Waals surface area contributed by atoms with Crippen molar-refractivity contribution in [2.24, 2.45) is 0 Å². The van der Waals surface area contributed by atoms with Gasteiger partial charge in [-0.3, -0.25) is 4.90 Å². The van der Waals surface area contributed by atoms with E-state index in [-0.39, 0.29) is 6.61 Å². The van der Waals surface area contributed by atoms with Crippen molar-refractivity contribution in [3.63, 3.8) is 0 Å². The largest absolute Gasteiger partial charge is 0.493 e.